The third-order valence-corrected chi connectivity index (χ3v) is 3.50. The zero-order valence-corrected chi connectivity index (χ0v) is 11.6. The number of nitrogens with zero attached hydrogens (tertiary/aromatic N) is 1. The van der Waals surface area contributed by atoms with Gasteiger partial charge in [0.2, 0.25) is 5.91 Å². The molecule has 5 heteroatoms. The van der Waals surface area contributed by atoms with Gasteiger partial charge in [-0.1, -0.05) is 6.92 Å². The number of rotatable bonds is 5. The third kappa shape index (κ3) is 4.64. The van der Waals surface area contributed by atoms with Crippen LogP contribution in [-0.2, 0) is 14.3 Å². The Morgan fingerprint density at radius 3 is 2.56 bits per heavy atom. The molecule has 1 atom stereocenters. The van der Waals surface area contributed by atoms with Crippen LogP contribution in [0.3, 0.4) is 0 Å². The standard InChI is InChI=1S/C13H24N2O3/c1-10(13(17)18-3)9-15(2)12(16)8-11-4-6-14-7-5-11/h10-11,14H,4-9H2,1-3H3. The predicted octanol–water partition coefficient (Wildman–Crippen LogP) is 0.644. The number of hydrogen-bond acceptors (Lipinski definition) is 4. The summed E-state index contributed by atoms with van der Waals surface area (Å²) in [5, 5.41) is 3.29. The summed E-state index contributed by atoms with van der Waals surface area (Å²) < 4.78 is 4.66. The first-order chi connectivity index (χ1) is 8.54. The van der Waals surface area contributed by atoms with E-state index >= 15 is 0 Å². The minimum atomic E-state index is -0.267. The Balaban J connectivity index is 2.33. The van der Waals surface area contributed by atoms with E-state index in [-0.39, 0.29) is 17.8 Å². The monoisotopic (exact) mass is 256 g/mol. The molecule has 1 N–H and O–H groups in total. The summed E-state index contributed by atoms with van der Waals surface area (Å²) in [4.78, 5) is 24.9. The minimum absolute atomic E-state index is 0.123. The highest BCUT2D eigenvalue weighted by Crippen LogP contribution is 2.17. The van der Waals surface area contributed by atoms with Gasteiger partial charge in [0.1, 0.15) is 0 Å². The van der Waals surface area contributed by atoms with Crippen LogP contribution >= 0.6 is 0 Å². The first kappa shape index (κ1) is 15.0. The van der Waals surface area contributed by atoms with E-state index in [9.17, 15) is 9.59 Å². The van der Waals surface area contributed by atoms with Crippen molar-refractivity contribution in [3.05, 3.63) is 0 Å². The molecule has 104 valence electrons. The number of carbonyl (C=O) groups is 2. The maximum absolute atomic E-state index is 12.0. The van der Waals surface area contributed by atoms with Crippen LogP contribution in [0.5, 0.6) is 0 Å². The molecule has 1 aliphatic heterocycles. The van der Waals surface area contributed by atoms with E-state index in [4.69, 9.17) is 0 Å². The second kappa shape index (κ2) is 7.36. The third-order valence-electron chi connectivity index (χ3n) is 3.50. The summed E-state index contributed by atoms with van der Waals surface area (Å²) >= 11 is 0. The maximum Gasteiger partial charge on any atom is 0.310 e. The summed E-state index contributed by atoms with van der Waals surface area (Å²) in [6.45, 7) is 4.21. The Morgan fingerprint density at radius 1 is 1.39 bits per heavy atom. The molecule has 0 aromatic rings. The average molecular weight is 256 g/mol. The van der Waals surface area contributed by atoms with Gasteiger partial charge in [0.25, 0.3) is 0 Å². The zero-order chi connectivity index (χ0) is 13.5. The van der Waals surface area contributed by atoms with Crippen molar-refractivity contribution in [3.63, 3.8) is 0 Å². The number of amides is 1. The molecule has 1 amide bonds. The second-order valence-corrected chi connectivity index (χ2v) is 5.10. The molecule has 0 aromatic heterocycles. The molecule has 1 rings (SSSR count). The predicted molar refractivity (Wildman–Crippen MR) is 69.0 cm³/mol. The van der Waals surface area contributed by atoms with Crippen LogP contribution in [0, 0.1) is 11.8 Å². The quantitative estimate of drug-likeness (QED) is 0.734. The average Bonchev–Trinajstić information content (AvgIpc) is 2.38. The highest BCUT2D eigenvalue weighted by atomic mass is 16.5. The summed E-state index contributed by atoms with van der Waals surface area (Å²) in [5.74, 6) is 0.0702. The van der Waals surface area contributed by atoms with Crippen molar-refractivity contribution in [1.82, 2.24) is 10.2 Å². The molecule has 1 unspecified atom stereocenters. The summed E-state index contributed by atoms with van der Waals surface area (Å²) in [7, 11) is 3.12. The van der Waals surface area contributed by atoms with Crippen molar-refractivity contribution < 1.29 is 14.3 Å². The van der Waals surface area contributed by atoms with E-state index in [2.05, 4.69) is 10.1 Å². The molecular weight excluding hydrogens is 232 g/mol. The first-order valence-electron chi connectivity index (χ1n) is 6.57. The molecular formula is C13H24N2O3. The van der Waals surface area contributed by atoms with Gasteiger partial charge in [-0.3, -0.25) is 9.59 Å². The number of ether oxygens (including phenoxy) is 1. The minimum Gasteiger partial charge on any atom is -0.469 e. The van der Waals surface area contributed by atoms with Crippen LogP contribution in [-0.4, -0.2) is 50.6 Å². The van der Waals surface area contributed by atoms with Crippen LogP contribution < -0.4 is 5.32 Å². The van der Waals surface area contributed by atoms with Gasteiger partial charge >= 0.3 is 5.97 Å². The summed E-state index contributed by atoms with van der Waals surface area (Å²) in [6.07, 6.45) is 2.71. The lowest BCUT2D eigenvalue weighted by Crippen LogP contribution is -2.36. The molecule has 1 heterocycles. The zero-order valence-electron chi connectivity index (χ0n) is 11.6. The largest absolute Gasteiger partial charge is 0.469 e. The number of piperidine rings is 1. The Morgan fingerprint density at radius 2 is 2.00 bits per heavy atom. The van der Waals surface area contributed by atoms with Crippen molar-refractivity contribution in [2.75, 3.05) is 33.8 Å². The van der Waals surface area contributed by atoms with Crippen molar-refractivity contribution in [3.8, 4) is 0 Å². The van der Waals surface area contributed by atoms with Gasteiger partial charge in [0, 0.05) is 20.0 Å². The molecule has 0 saturated carbocycles. The Hall–Kier alpha value is -1.10. The first-order valence-corrected chi connectivity index (χ1v) is 6.57. The van der Waals surface area contributed by atoms with Crippen LogP contribution in [0.1, 0.15) is 26.2 Å². The van der Waals surface area contributed by atoms with Gasteiger partial charge in [0.05, 0.1) is 13.0 Å². The van der Waals surface area contributed by atoms with Crippen LogP contribution in [0.2, 0.25) is 0 Å². The van der Waals surface area contributed by atoms with Crippen molar-refractivity contribution in [1.29, 1.82) is 0 Å². The normalized spacial score (nSPS) is 18.2. The molecule has 0 aliphatic carbocycles. The van der Waals surface area contributed by atoms with E-state index in [1.54, 1.807) is 18.9 Å². The molecule has 0 bridgehead atoms. The molecule has 1 saturated heterocycles. The van der Waals surface area contributed by atoms with Gasteiger partial charge in [-0.15, -0.1) is 0 Å². The maximum atomic E-state index is 12.0. The molecule has 0 radical (unpaired) electrons. The SMILES string of the molecule is COC(=O)C(C)CN(C)C(=O)CC1CCNCC1. The Bertz CT molecular complexity index is 288. The summed E-state index contributed by atoms with van der Waals surface area (Å²) in [6, 6.07) is 0. The Kier molecular flexibility index (Phi) is 6.12. The number of hydrogen-bond donors (Lipinski definition) is 1. The highest BCUT2D eigenvalue weighted by Gasteiger charge is 2.22. The van der Waals surface area contributed by atoms with Crippen LogP contribution in [0.15, 0.2) is 0 Å². The van der Waals surface area contributed by atoms with E-state index in [1.807, 2.05) is 0 Å². The highest BCUT2D eigenvalue weighted by molar-refractivity contribution is 5.77. The van der Waals surface area contributed by atoms with Gasteiger partial charge in [-0.25, -0.2) is 0 Å². The molecule has 1 aliphatic rings. The van der Waals surface area contributed by atoms with Gasteiger partial charge < -0.3 is 15.0 Å². The fourth-order valence-corrected chi connectivity index (χ4v) is 2.28. The van der Waals surface area contributed by atoms with Crippen molar-refractivity contribution in [2.24, 2.45) is 11.8 Å². The topological polar surface area (TPSA) is 58.6 Å². The van der Waals surface area contributed by atoms with Gasteiger partial charge in [-0.2, -0.15) is 0 Å². The number of carbonyl (C=O) groups excluding carboxylic acids is 2. The lowest BCUT2D eigenvalue weighted by atomic mass is 9.94. The Labute approximate surface area is 109 Å². The molecule has 18 heavy (non-hydrogen) atoms. The second-order valence-electron chi connectivity index (χ2n) is 5.10. The van der Waals surface area contributed by atoms with Gasteiger partial charge in [-0.05, 0) is 31.8 Å². The van der Waals surface area contributed by atoms with E-state index in [0.29, 0.717) is 18.9 Å². The number of methoxy groups -OCH3 is 1. The van der Waals surface area contributed by atoms with Gasteiger partial charge in [0.15, 0.2) is 0 Å². The molecule has 1 fully saturated rings. The van der Waals surface area contributed by atoms with Crippen molar-refractivity contribution in [2.45, 2.75) is 26.2 Å². The van der Waals surface area contributed by atoms with E-state index < -0.39 is 0 Å². The number of esters is 1. The van der Waals surface area contributed by atoms with E-state index in [0.717, 1.165) is 25.9 Å². The summed E-state index contributed by atoms with van der Waals surface area (Å²) in [5.41, 5.74) is 0. The lowest BCUT2D eigenvalue weighted by molar-refractivity contribution is -0.146. The fourth-order valence-electron chi connectivity index (χ4n) is 2.28. The molecule has 0 aromatic carbocycles. The molecule has 5 nitrogen and oxygen atoms in total. The fraction of sp³-hybridized carbons (Fsp3) is 0.846. The van der Waals surface area contributed by atoms with Crippen molar-refractivity contribution >= 4 is 11.9 Å². The van der Waals surface area contributed by atoms with Crippen LogP contribution in [0.4, 0.5) is 0 Å². The van der Waals surface area contributed by atoms with Crippen LogP contribution in [0.25, 0.3) is 0 Å². The smallest absolute Gasteiger partial charge is 0.310 e. The lowest BCUT2D eigenvalue weighted by Gasteiger charge is -2.25. The number of nitrogens with one attached hydrogen (secondary N) is 1. The molecule has 0 spiro atoms. The van der Waals surface area contributed by atoms with E-state index in [1.165, 1.54) is 7.11 Å².